The third kappa shape index (κ3) is 3.90. The van der Waals surface area contributed by atoms with Gasteiger partial charge in [-0.2, -0.15) is 0 Å². The van der Waals surface area contributed by atoms with Gasteiger partial charge in [0.1, 0.15) is 12.4 Å². The zero-order chi connectivity index (χ0) is 12.0. The topological polar surface area (TPSA) is 46.5 Å². The maximum atomic E-state index is 10.7. The number of hydrogen-bond acceptors (Lipinski definition) is 2. The van der Waals surface area contributed by atoms with E-state index in [4.69, 9.17) is 9.84 Å². The van der Waals surface area contributed by atoms with E-state index in [2.05, 4.69) is 6.58 Å². The number of ether oxygens (including phenoxy) is 1. The molecular weight excluding hydrogens is 220 g/mol. The second kappa shape index (κ2) is 6.12. The molecule has 1 atom stereocenters. The van der Waals surface area contributed by atoms with Crippen LogP contribution in [0.2, 0.25) is 5.54 Å². The zero-order valence-corrected chi connectivity index (χ0v) is 11.3. The van der Waals surface area contributed by atoms with E-state index in [1.54, 1.807) is 6.08 Å². The van der Waals surface area contributed by atoms with Crippen molar-refractivity contribution in [1.29, 1.82) is 0 Å². The molecule has 0 spiro atoms. The molecule has 4 heteroatoms. The first-order chi connectivity index (χ1) is 7.63. The Morgan fingerprint density at radius 2 is 2.12 bits per heavy atom. The highest BCUT2D eigenvalue weighted by Crippen LogP contribution is 2.16. The smallest absolute Gasteiger partial charge is 0.303 e. The van der Waals surface area contributed by atoms with Crippen LogP contribution in [0.5, 0.6) is 5.75 Å². The Morgan fingerprint density at radius 3 is 2.62 bits per heavy atom. The number of rotatable bonds is 6. The van der Waals surface area contributed by atoms with Gasteiger partial charge in [0.2, 0.25) is 0 Å². The van der Waals surface area contributed by atoms with Gasteiger partial charge in [-0.15, -0.1) is 0 Å². The van der Waals surface area contributed by atoms with Crippen LogP contribution in [0.4, 0.5) is 0 Å². The van der Waals surface area contributed by atoms with Crippen molar-refractivity contribution in [2.75, 3.05) is 6.61 Å². The normalized spacial score (nSPS) is 12.0. The molecule has 1 rings (SSSR count). The minimum atomic E-state index is -0.710. The minimum absolute atomic E-state index is 0.222. The van der Waals surface area contributed by atoms with E-state index < -0.39 is 5.97 Å². The summed E-state index contributed by atoms with van der Waals surface area (Å²) in [6.45, 7) is 4.05. The first kappa shape index (κ1) is 12.5. The van der Waals surface area contributed by atoms with Crippen LogP contribution in [-0.2, 0) is 11.2 Å². The summed E-state index contributed by atoms with van der Waals surface area (Å²) in [5.41, 5.74) is 0.813. The molecular formula is C12H16O3Si. The third-order valence-corrected chi connectivity index (χ3v) is 3.16. The fraction of sp³-hybridized carbons (Fsp3) is 0.250. The highest BCUT2D eigenvalue weighted by molar-refractivity contribution is 6.22. The van der Waals surface area contributed by atoms with Gasteiger partial charge in [-0.05, 0) is 24.1 Å². The van der Waals surface area contributed by atoms with Gasteiger partial charge in [0.05, 0.1) is 0 Å². The summed E-state index contributed by atoms with van der Waals surface area (Å²) in [6, 6.07) is 7.53. The molecule has 1 unspecified atom stereocenters. The number of aliphatic carboxylic acids is 1. The van der Waals surface area contributed by atoms with Crippen LogP contribution < -0.4 is 4.74 Å². The van der Waals surface area contributed by atoms with Crippen LogP contribution in [0.15, 0.2) is 36.9 Å². The SMILES string of the molecule is C=CCOc1ccc(CC([SiH3])C(=O)O)cc1. The van der Waals surface area contributed by atoms with Gasteiger partial charge in [-0.3, -0.25) is 4.79 Å². The van der Waals surface area contributed by atoms with E-state index in [9.17, 15) is 4.79 Å². The van der Waals surface area contributed by atoms with Crippen LogP contribution in [-0.4, -0.2) is 27.9 Å². The van der Waals surface area contributed by atoms with Gasteiger partial charge < -0.3 is 9.84 Å². The van der Waals surface area contributed by atoms with Crippen molar-refractivity contribution in [3.63, 3.8) is 0 Å². The van der Waals surface area contributed by atoms with Crippen molar-refractivity contribution in [1.82, 2.24) is 0 Å². The summed E-state index contributed by atoms with van der Waals surface area (Å²) in [7, 11) is 0.664. The lowest BCUT2D eigenvalue weighted by molar-refractivity contribution is -0.136. The van der Waals surface area contributed by atoms with E-state index in [1.807, 2.05) is 24.3 Å². The summed E-state index contributed by atoms with van der Waals surface area (Å²) in [4.78, 5) is 10.7. The molecule has 0 radical (unpaired) electrons. The van der Waals surface area contributed by atoms with Crippen molar-refractivity contribution < 1.29 is 14.6 Å². The van der Waals surface area contributed by atoms with E-state index in [0.29, 0.717) is 23.3 Å². The third-order valence-electron chi connectivity index (χ3n) is 2.25. The Labute approximate surface area is 98.2 Å². The van der Waals surface area contributed by atoms with Crippen molar-refractivity contribution in [2.45, 2.75) is 12.0 Å². The Morgan fingerprint density at radius 1 is 1.50 bits per heavy atom. The number of benzene rings is 1. The Hall–Kier alpha value is -1.55. The van der Waals surface area contributed by atoms with Crippen LogP contribution >= 0.6 is 0 Å². The summed E-state index contributed by atoms with van der Waals surface area (Å²) >= 11 is 0. The molecule has 0 aliphatic carbocycles. The van der Waals surface area contributed by atoms with Gasteiger partial charge >= 0.3 is 5.97 Å². The van der Waals surface area contributed by atoms with Crippen LogP contribution in [0, 0.1) is 0 Å². The summed E-state index contributed by atoms with van der Waals surface area (Å²) in [5.74, 6) is 0.0718. The summed E-state index contributed by atoms with van der Waals surface area (Å²) in [6.07, 6.45) is 2.29. The summed E-state index contributed by atoms with van der Waals surface area (Å²) in [5, 5.41) is 8.81. The molecule has 86 valence electrons. The molecule has 0 aromatic heterocycles. The van der Waals surface area contributed by atoms with E-state index in [1.165, 1.54) is 0 Å². The van der Waals surface area contributed by atoms with E-state index in [0.717, 1.165) is 11.3 Å². The lowest BCUT2D eigenvalue weighted by Crippen LogP contribution is -2.09. The standard InChI is InChI=1S/C12H16O3Si/c1-2-7-15-10-5-3-9(4-6-10)8-11(16)12(13)14/h2-6,11H,1,7-8H2,16H3,(H,13,14). The van der Waals surface area contributed by atoms with Crippen molar-refractivity contribution in [2.24, 2.45) is 0 Å². The van der Waals surface area contributed by atoms with Crippen LogP contribution in [0.1, 0.15) is 5.56 Å². The quantitative estimate of drug-likeness (QED) is 0.593. The fourth-order valence-electron chi connectivity index (χ4n) is 1.32. The molecule has 0 saturated heterocycles. The van der Waals surface area contributed by atoms with Crippen molar-refractivity contribution >= 4 is 16.2 Å². The number of carboxylic acid groups (broad SMARTS) is 1. The van der Waals surface area contributed by atoms with Crippen molar-refractivity contribution in [3.05, 3.63) is 42.5 Å². The molecule has 1 aromatic carbocycles. The number of carbonyl (C=O) groups is 1. The van der Waals surface area contributed by atoms with Gasteiger partial charge in [0.15, 0.2) is 0 Å². The van der Waals surface area contributed by atoms with Crippen LogP contribution in [0.3, 0.4) is 0 Å². The number of carboxylic acids is 1. The highest BCUT2D eigenvalue weighted by Gasteiger charge is 2.11. The Balaban J connectivity index is 2.57. The highest BCUT2D eigenvalue weighted by atomic mass is 28.1. The van der Waals surface area contributed by atoms with Crippen LogP contribution in [0.25, 0.3) is 0 Å². The van der Waals surface area contributed by atoms with Gasteiger partial charge in [-0.1, -0.05) is 24.8 Å². The monoisotopic (exact) mass is 236 g/mol. The van der Waals surface area contributed by atoms with Gasteiger partial charge in [0, 0.05) is 15.8 Å². The average Bonchev–Trinajstić information content (AvgIpc) is 2.28. The Kier molecular flexibility index (Phi) is 4.79. The van der Waals surface area contributed by atoms with E-state index in [-0.39, 0.29) is 5.54 Å². The molecule has 1 aromatic rings. The summed E-state index contributed by atoms with van der Waals surface area (Å²) < 4.78 is 5.34. The molecule has 0 saturated carbocycles. The average molecular weight is 236 g/mol. The molecule has 0 aliphatic rings. The van der Waals surface area contributed by atoms with Crippen molar-refractivity contribution in [3.8, 4) is 5.75 Å². The predicted octanol–water partition coefficient (Wildman–Crippen LogP) is 1.03. The first-order valence-corrected chi connectivity index (χ1v) is 6.34. The maximum absolute atomic E-state index is 10.7. The second-order valence-corrected chi connectivity index (χ2v) is 5.08. The molecule has 3 nitrogen and oxygen atoms in total. The zero-order valence-electron chi connectivity index (χ0n) is 9.35. The molecule has 1 N–H and O–H groups in total. The lowest BCUT2D eigenvalue weighted by Gasteiger charge is -2.07. The minimum Gasteiger partial charge on any atom is -0.490 e. The lowest BCUT2D eigenvalue weighted by atomic mass is 10.1. The molecule has 0 fully saturated rings. The fourth-order valence-corrected chi connectivity index (χ4v) is 1.79. The molecule has 0 heterocycles. The van der Waals surface area contributed by atoms with E-state index >= 15 is 0 Å². The largest absolute Gasteiger partial charge is 0.490 e. The first-order valence-electron chi connectivity index (χ1n) is 5.19. The molecule has 0 bridgehead atoms. The molecule has 0 amide bonds. The van der Waals surface area contributed by atoms with Gasteiger partial charge in [0.25, 0.3) is 0 Å². The predicted molar refractivity (Wildman–Crippen MR) is 67.2 cm³/mol. The molecule has 0 aliphatic heterocycles. The number of hydrogen-bond donors (Lipinski definition) is 1. The second-order valence-electron chi connectivity index (χ2n) is 3.69. The van der Waals surface area contributed by atoms with Gasteiger partial charge in [-0.25, -0.2) is 0 Å². The maximum Gasteiger partial charge on any atom is 0.303 e. The molecule has 16 heavy (non-hydrogen) atoms. The Bertz CT molecular complexity index is 359.